The summed E-state index contributed by atoms with van der Waals surface area (Å²) in [7, 11) is -3.92. The predicted molar refractivity (Wildman–Crippen MR) is 77.1 cm³/mol. The molecular weight excluding hydrogens is 350 g/mol. The lowest BCUT2D eigenvalue weighted by Gasteiger charge is -2.20. The van der Waals surface area contributed by atoms with Gasteiger partial charge in [-0.05, 0) is 40.0 Å². The van der Waals surface area contributed by atoms with Gasteiger partial charge in [-0.2, -0.15) is 0 Å². The molecule has 1 atom stereocenters. The van der Waals surface area contributed by atoms with Crippen LogP contribution in [0.25, 0.3) is 0 Å². The van der Waals surface area contributed by atoms with Crippen LogP contribution in [-0.2, 0) is 10.0 Å². The van der Waals surface area contributed by atoms with Crippen LogP contribution in [0.4, 0.5) is 0 Å². The Morgan fingerprint density at radius 3 is 2.45 bits per heavy atom. The highest BCUT2D eigenvalue weighted by molar-refractivity contribution is 9.10. The van der Waals surface area contributed by atoms with Crippen molar-refractivity contribution in [2.45, 2.75) is 24.8 Å². The number of sulfonamides is 1. The summed E-state index contributed by atoms with van der Waals surface area (Å²) in [4.78, 5) is 10.7. The lowest BCUT2D eigenvalue weighted by atomic mass is 10.1. The van der Waals surface area contributed by atoms with E-state index in [1.807, 2.05) is 0 Å². The number of hydrogen-bond acceptors (Lipinski definition) is 4. The van der Waals surface area contributed by atoms with Gasteiger partial charge >= 0.3 is 5.97 Å². The van der Waals surface area contributed by atoms with Crippen molar-refractivity contribution in [2.75, 3.05) is 6.61 Å². The fraction of sp³-hybridized carbons (Fsp3) is 0.417. The van der Waals surface area contributed by atoms with Crippen LogP contribution in [0.3, 0.4) is 0 Å². The van der Waals surface area contributed by atoms with Gasteiger partial charge in [-0.1, -0.05) is 13.8 Å². The third-order valence-corrected chi connectivity index (χ3v) is 5.26. The van der Waals surface area contributed by atoms with Gasteiger partial charge in [-0.3, -0.25) is 0 Å². The number of carboxylic acid groups (broad SMARTS) is 1. The van der Waals surface area contributed by atoms with Gasteiger partial charge in [0, 0.05) is 10.5 Å². The largest absolute Gasteiger partial charge is 0.478 e. The molecule has 0 unspecified atom stereocenters. The molecule has 3 N–H and O–H groups in total. The zero-order chi connectivity index (χ0) is 15.5. The second-order valence-electron chi connectivity index (χ2n) is 4.60. The van der Waals surface area contributed by atoms with Crippen molar-refractivity contribution in [3.05, 3.63) is 28.2 Å². The van der Waals surface area contributed by atoms with E-state index in [2.05, 4.69) is 20.7 Å². The Hall–Kier alpha value is -0.960. The molecule has 20 heavy (non-hydrogen) atoms. The Bertz CT molecular complexity index is 600. The highest BCUT2D eigenvalue weighted by Crippen LogP contribution is 2.24. The van der Waals surface area contributed by atoms with Gasteiger partial charge in [0.05, 0.1) is 17.1 Å². The Balaban J connectivity index is 3.21. The number of halogens is 1. The molecule has 0 saturated carbocycles. The Kier molecular flexibility index (Phi) is 5.69. The van der Waals surface area contributed by atoms with E-state index in [-0.39, 0.29) is 27.5 Å². The zero-order valence-electron chi connectivity index (χ0n) is 11.0. The summed E-state index contributed by atoms with van der Waals surface area (Å²) >= 11 is 3.09. The third kappa shape index (κ3) is 4.02. The number of aliphatic hydroxyl groups is 1. The standard InChI is InChI=1S/C12H16BrNO5S/c1-7(2)10(6-15)14-20(18,19)11-5-8(12(16)17)3-4-9(11)13/h3-5,7,10,14-15H,6H2,1-2H3,(H,16,17)/t10-/m1/s1. The number of carboxylic acids is 1. The Morgan fingerprint density at radius 1 is 1.40 bits per heavy atom. The number of hydrogen-bond donors (Lipinski definition) is 3. The summed E-state index contributed by atoms with van der Waals surface area (Å²) in [6, 6.07) is 3.10. The van der Waals surface area contributed by atoms with Crippen LogP contribution in [0.1, 0.15) is 24.2 Å². The van der Waals surface area contributed by atoms with E-state index in [0.717, 1.165) is 6.07 Å². The number of aliphatic hydroxyl groups excluding tert-OH is 1. The molecule has 1 aromatic carbocycles. The molecule has 1 rings (SSSR count). The molecule has 0 bridgehead atoms. The summed E-state index contributed by atoms with van der Waals surface area (Å²) in [6.07, 6.45) is 0. The Labute approximate surface area is 126 Å². The molecule has 0 saturated heterocycles. The lowest BCUT2D eigenvalue weighted by molar-refractivity contribution is 0.0696. The molecule has 0 spiro atoms. The number of carbonyl (C=O) groups is 1. The monoisotopic (exact) mass is 365 g/mol. The maximum Gasteiger partial charge on any atom is 0.335 e. The summed E-state index contributed by atoms with van der Waals surface area (Å²) in [6.45, 7) is 3.20. The fourth-order valence-electron chi connectivity index (χ4n) is 1.49. The molecule has 6 nitrogen and oxygen atoms in total. The highest BCUT2D eigenvalue weighted by atomic mass is 79.9. The number of benzene rings is 1. The number of aromatic carboxylic acids is 1. The number of nitrogens with one attached hydrogen (secondary N) is 1. The smallest absolute Gasteiger partial charge is 0.335 e. The van der Waals surface area contributed by atoms with Crippen LogP contribution >= 0.6 is 15.9 Å². The zero-order valence-corrected chi connectivity index (χ0v) is 13.4. The molecule has 0 aliphatic carbocycles. The molecule has 0 fully saturated rings. The normalized spacial score (nSPS) is 13.4. The molecule has 0 aromatic heterocycles. The second-order valence-corrected chi connectivity index (χ2v) is 7.14. The molecule has 112 valence electrons. The van der Waals surface area contributed by atoms with Crippen molar-refractivity contribution < 1.29 is 23.4 Å². The minimum absolute atomic E-state index is 0.101. The van der Waals surface area contributed by atoms with Crippen molar-refractivity contribution in [3.8, 4) is 0 Å². The molecule has 0 amide bonds. The molecule has 0 heterocycles. The minimum atomic E-state index is -3.92. The van der Waals surface area contributed by atoms with Crippen molar-refractivity contribution in [3.63, 3.8) is 0 Å². The van der Waals surface area contributed by atoms with Crippen LogP contribution in [-0.4, -0.2) is 37.2 Å². The molecule has 0 aliphatic rings. The molecule has 1 aromatic rings. The first-order valence-electron chi connectivity index (χ1n) is 5.85. The van der Waals surface area contributed by atoms with Crippen molar-refractivity contribution in [1.82, 2.24) is 4.72 Å². The van der Waals surface area contributed by atoms with Crippen molar-refractivity contribution in [1.29, 1.82) is 0 Å². The lowest BCUT2D eigenvalue weighted by Crippen LogP contribution is -2.41. The SMILES string of the molecule is CC(C)[C@@H](CO)NS(=O)(=O)c1cc(C(=O)O)ccc1Br. The van der Waals surface area contributed by atoms with E-state index in [9.17, 15) is 18.3 Å². The third-order valence-electron chi connectivity index (χ3n) is 2.78. The van der Waals surface area contributed by atoms with Gasteiger partial charge < -0.3 is 10.2 Å². The summed E-state index contributed by atoms with van der Waals surface area (Å²) in [5, 5.41) is 18.1. The van der Waals surface area contributed by atoms with E-state index < -0.39 is 22.0 Å². The van der Waals surface area contributed by atoms with Crippen LogP contribution in [0.15, 0.2) is 27.6 Å². The second kappa shape index (κ2) is 6.66. The molecule has 8 heteroatoms. The van der Waals surface area contributed by atoms with Crippen LogP contribution < -0.4 is 4.72 Å². The van der Waals surface area contributed by atoms with Crippen LogP contribution in [0, 0.1) is 5.92 Å². The minimum Gasteiger partial charge on any atom is -0.478 e. The molecule has 0 radical (unpaired) electrons. The quantitative estimate of drug-likeness (QED) is 0.707. The number of rotatable bonds is 6. The molecule has 0 aliphatic heterocycles. The van der Waals surface area contributed by atoms with Gasteiger partial charge in [0.2, 0.25) is 10.0 Å². The first kappa shape index (κ1) is 17.1. The average molecular weight is 366 g/mol. The van der Waals surface area contributed by atoms with E-state index in [0.29, 0.717) is 0 Å². The summed E-state index contributed by atoms with van der Waals surface area (Å²) in [5.41, 5.74) is -0.126. The maximum atomic E-state index is 12.3. The van der Waals surface area contributed by atoms with Gasteiger partial charge in [0.1, 0.15) is 0 Å². The summed E-state index contributed by atoms with van der Waals surface area (Å²) in [5.74, 6) is -1.31. The van der Waals surface area contributed by atoms with E-state index in [1.54, 1.807) is 13.8 Å². The van der Waals surface area contributed by atoms with E-state index >= 15 is 0 Å². The van der Waals surface area contributed by atoms with E-state index in [1.165, 1.54) is 12.1 Å². The first-order valence-corrected chi connectivity index (χ1v) is 8.12. The van der Waals surface area contributed by atoms with Crippen LogP contribution in [0.2, 0.25) is 0 Å². The van der Waals surface area contributed by atoms with Gasteiger partial charge in [0.15, 0.2) is 0 Å². The maximum absolute atomic E-state index is 12.3. The van der Waals surface area contributed by atoms with Gasteiger partial charge in [0.25, 0.3) is 0 Å². The van der Waals surface area contributed by atoms with Crippen molar-refractivity contribution >= 4 is 31.9 Å². The summed E-state index contributed by atoms with van der Waals surface area (Å²) < 4.78 is 27.1. The van der Waals surface area contributed by atoms with Gasteiger partial charge in [-0.25, -0.2) is 17.9 Å². The molecular formula is C12H16BrNO5S. The Morgan fingerprint density at radius 2 is 2.00 bits per heavy atom. The fourth-order valence-corrected chi connectivity index (χ4v) is 3.85. The van der Waals surface area contributed by atoms with Crippen LogP contribution in [0.5, 0.6) is 0 Å². The highest BCUT2D eigenvalue weighted by Gasteiger charge is 2.24. The van der Waals surface area contributed by atoms with E-state index in [4.69, 9.17) is 5.11 Å². The average Bonchev–Trinajstić information content (AvgIpc) is 2.35. The van der Waals surface area contributed by atoms with Gasteiger partial charge in [-0.15, -0.1) is 0 Å². The topological polar surface area (TPSA) is 104 Å². The van der Waals surface area contributed by atoms with Crippen molar-refractivity contribution in [2.24, 2.45) is 5.92 Å². The first-order chi connectivity index (χ1) is 9.19. The predicted octanol–water partition coefficient (Wildman–Crippen LogP) is 1.44.